The van der Waals surface area contributed by atoms with E-state index in [0.717, 1.165) is 19.3 Å². The summed E-state index contributed by atoms with van der Waals surface area (Å²) in [5, 5.41) is 12.5. The van der Waals surface area contributed by atoms with E-state index in [9.17, 15) is 9.90 Å². The Labute approximate surface area is 109 Å². The minimum atomic E-state index is -0.291. The van der Waals surface area contributed by atoms with Crippen molar-refractivity contribution in [2.24, 2.45) is 0 Å². The molecule has 1 aromatic rings. The summed E-state index contributed by atoms with van der Waals surface area (Å²) >= 11 is 3.30. The van der Waals surface area contributed by atoms with E-state index in [4.69, 9.17) is 0 Å². The molecule has 5 heteroatoms. The van der Waals surface area contributed by atoms with Crippen molar-refractivity contribution in [3.63, 3.8) is 0 Å². The first kappa shape index (κ1) is 12.5. The number of aromatic nitrogens is 1. The molecule has 2 unspecified atom stereocenters. The minimum absolute atomic E-state index is 0.0557. The zero-order chi connectivity index (χ0) is 12.3. The summed E-state index contributed by atoms with van der Waals surface area (Å²) in [6.45, 7) is 0. The second-order valence-corrected chi connectivity index (χ2v) is 5.18. The molecule has 1 aliphatic rings. The monoisotopic (exact) mass is 298 g/mol. The van der Waals surface area contributed by atoms with Gasteiger partial charge < -0.3 is 10.4 Å². The number of amides is 1. The van der Waals surface area contributed by atoms with Gasteiger partial charge >= 0.3 is 0 Å². The number of hydrogen-bond acceptors (Lipinski definition) is 3. The molecule has 1 amide bonds. The third-order valence-electron chi connectivity index (χ3n) is 2.96. The van der Waals surface area contributed by atoms with E-state index in [-0.39, 0.29) is 18.1 Å². The molecule has 1 aliphatic carbocycles. The van der Waals surface area contributed by atoms with Crippen LogP contribution in [0.2, 0.25) is 0 Å². The lowest BCUT2D eigenvalue weighted by molar-refractivity contribution is 0.0845. The maximum absolute atomic E-state index is 12.0. The number of nitrogens with zero attached hydrogens (tertiary/aromatic N) is 1. The van der Waals surface area contributed by atoms with Gasteiger partial charge in [-0.15, -0.1) is 0 Å². The average molecular weight is 299 g/mol. The number of nitrogens with one attached hydrogen (secondary N) is 1. The van der Waals surface area contributed by atoms with Crippen LogP contribution in [0.4, 0.5) is 0 Å². The van der Waals surface area contributed by atoms with Gasteiger partial charge in [0.2, 0.25) is 0 Å². The van der Waals surface area contributed by atoms with Crippen LogP contribution in [-0.4, -0.2) is 28.1 Å². The van der Waals surface area contributed by atoms with Crippen LogP contribution in [0.15, 0.2) is 22.8 Å². The summed E-state index contributed by atoms with van der Waals surface area (Å²) in [6.07, 6.45) is 4.65. The van der Waals surface area contributed by atoms with Crippen molar-refractivity contribution in [3.8, 4) is 0 Å². The highest BCUT2D eigenvalue weighted by Crippen LogP contribution is 2.19. The number of hydrogen-bond donors (Lipinski definition) is 2. The molecule has 1 saturated carbocycles. The van der Waals surface area contributed by atoms with Gasteiger partial charge in [0.25, 0.3) is 5.91 Å². The second-order valence-electron chi connectivity index (χ2n) is 4.32. The van der Waals surface area contributed by atoms with Crippen molar-refractivity contribution >= 4 is 21.8 Å². The Morgan fingerprint density at radius 3 is 3.06 bits per heavy atom. The predicted molar refractivity (Wildman–Crippen MR) is 67.7 cm³/mol. The largest absolute Gasteiger partial charge is 0.393 e. The average Bonchev–Trinajstić information content (AvgIpc) is 2.29. The van der Waals surface area contributed by atoms with Crippen molar-refractivity contribution in [1.29, 1.82) is 0 Å². The van der Waals surface area contributed by atoms with E-state index in [1.165, 1.54) is 0 Å². The molecule has 0 saturated heterocycles. The molecule has 2 rings (SSSR count). The third kappa shape index (κ3) is 3.26. The molecule has 92 valence electrons. The van der Waals surface area contributed by atoms with E-state index in [1.54, 1.807) is 18.3 Å². The highest BCUT2D eigenvalue weighted by molar-refractivity contribution is 9.10. The van der Waals surface area contributed by atoms with Crippen LogP contribution in [0.1, 0.15) is 36.2 Å². The molecular formula is C12H15BrN2O2. The molecule has 0 radical (unpaired) electrons. The van der Waals surface area contributed by atoms with Crippen LogP contribution in [0.3, 0.4) is 0 Å². The summed E-state index contributed by atoms with van der Waals surface area (Å²) in [7, 11) is 0. The first-order valence-electron chi connectivity index (χ1n) is 5.76. The topological polar surface area (TPSA) is 62.2 Å². The SMILES string of the molecule is O=C(NC1CCCC(O)C1)c1ncccc1Br. The quantitative estimate of drug-likeness (QED) is 0.876. The standard InChI is InChI=1S/C12H15BrN2O2/c13-10-5-2-6-14-11(10)12(17)15-8-3-1-4-9(16)7-8/h2,5-6,8-9,16H,1,3-4,7H2,(H,15,17). The molecule has 0 spiro atoms. The lowest BCUT2D eigenvalue weighted by atomic mass is 9.93. The molecular weight excluding hydrogens is 284 g/mol. The van der Waals surface area contributed by atoms with Gasteiger partial charge in [0, 0.05) is 16.7 Å². The number of carbonyl (C=O) groups excluding carboxylic acids is 1. The Balaban J connectivity index is 1.99. The van der Waals surface area contributed by atoms with Gasteiger partial charge in [0.1, 0.15) is 5.69 Å². The Morgan fingerprint density at radius 1 is 1.53 bits per heavy atom. The van der Waals surface area contributed by atoms with E-state index < -0.39 is 0 Å². The fraction of sp³-hybridized carbons (Fsp3) is 0.500. The Morgan fingerprint density at radius 2 is 2.35 bits per heavy atom. The number of pyridine rings is 1. The van der Waals surface area contributed by atoms with Crippen molar-refractivity contribution in [1.82, 2.24) is 10.3 Å². The minimum Gasteiger partial charge on any atom is -0.393 e. The number of halogens is 1. The van der Waals surface area contributed by atoms with Gasteiger partial charge in [-0.25, -0.2) is 4.98 Å². The zero-order valence-electron chi connectivity index (χ0n) is 9.40. The lowest BCUT2D eigenvalue weighted by Gasteiger charge is -2.26. The lowest BCUT2D eigenvalue weighted by Crippen LogP contribution is -2.40. The number of carbonyl (C=O) groups is 1. The first-order chi connectivity index (χ1) is 8.16. The number of aliphatic hydroxyl groups is 1. The number of rotatable bonds is 2. The normalized spacial score (nSPS) is 24.4. The van der Waals surface area contributed by atoms with E-state index >= 15 is 0 Å². The van der Waals surface area contributed by atoms with Crippen molar-refractivity contribution in [2.75, 3.05) is 0 Å². The predicted octanol–water partition coefficient (Wildman–Crippen LogP) is 1.88. The third-order valence-corrected chi connectivity index (χ3v) is 3.60. The summed E-state index contributed by atoms with van der Waals surface area (Å²) in [6, 6.07) is 3.61. The fourth-order valence-electron chi connectivity index (χ4n) is 2.10. The van der Waals surface area contributed by atoms with E-state index in [2.05, 4.69) is 26.2 Å². The van der Waals surface area contributed by atoms with Crippen LogP contribution >= 0.6 is 15.9 Å². The van der Waals surface area contributed by atoms with E-state index in [0.29, 0.717) is 16.6 Å². The summed E-state index contributed by atoms with van der Waals surface area (Å²) in [5.41, 5.74) is 0.396. The molecule has 0 aliphatic heterocycles. The van der Waals surface area contributed by atoms with Crippen molar-refractivity contribution < 1.29 is 9.90 Å². The Hall–Kier alpha value is -0.940. The number of aliphatic hydroxyl groups excluding tert-OH is 1. The summed E-state index contributed by atoms with van der Waals surface area (Å²) in [5.74, 6) is -0.184. The van der Waals surface area contributed by atoms with Gasteiger partial charge in [-0.3, -0.25) is 4.79 Å². The molecule has 4 nitrogen and oxygen atoms in total. The van der Waals surface area contributed by atoms with Gasteiger partial charge in [-0.2, -0.15) is 0 Å². The van der Waals surface area contributed by atoms with Crippen LogP contribution in [-0.2, 0) is 0 Å². The maximum Gasteiger partial charge on any atom is 0.271 e. The first-order valence-corrected chi connectivity index (χ1v) is 6.55. The van der Waals surface area contributed by atoms with Crippen LogP contribution < -0.4 is 5.32 Å². The molecule has 2 N–H and O–H groups in total. The second kappa shape index (κ2) is 5.60. The molecule has 17 heavy (non-hydrogen) atoms. The summed E-state index contributed by atoms with van der Waals surface area (Å²) in [4.78, 5) is 16.0. The fourth-order valence-corrected chi connectivity index (χ4v) is 2.54. The van der Waals surface area contributed by atoms with Crippen LogP contribution in [0.25, 0.3) is 0 Å². The van der Waals surface area contributed by atoms with E-state index in [1.807, 2.05) is 0 Å². The molecule has 1 aromatic heterocycles. The van der Waals surface area contributed by atoms with Gasteiger partial charge in [-0.1, -0.05) is 0 Å². The molecule has 2 atom stereocenters. The van der Waals surface area contributed by atoms with Gasteiger partial charge in [0.05, 0.1) is 6.10 Å². The molecule has 0 aromatic carbocycles. The molecule has 1 fully saturated rings. The zero-order valence-corrected chi connectivity index (χ0v) is 11.0. The van der Waals surface area contributed by atoms with Gasteiger partial charge in [-0.05, 0) is 53.7 Å². The van der Waals surface area contributed by atoms with Crippen LogP contribution in [0.5, 0.6) is 0 Å². The Kier molecular flexibility index (Phi) is 4.12. The highest BCUT2D eigenvalue weighted by atomic mass is 79.9. The van der Waals surface area contributed by atoms with Crippen molar-refractivity contribution in [3.05, 3.63) is 28.5 Å². The maximum atomic E-state index is 12.0. The smallest absolute Gasteiger partial charge is 0.271 e. The van der Waals surface area contributed by atoms with Gasteiger partial charge in [0.15, 0.2) is 0 Å². The Bertz CT molecular complexity index is 411. The van der Waals surface area contributed by atoms with Crippen molar-refractivity contribution in [2.45, 2.75) is 37.8 Å². The van der Waals surface area contributed by atoms with Crippen LogP contribution in [0, 0.1) is 0 Å². The molecule has 1 heterocycles. The highest BCUT2D eigenvalue weighted by Gasteiger charge is 2.23. The summed E-state index contributed by atoms with van der Waals surface area (Å²) < 4.78 is 0.689. The molecule has 0 bridgehead atoms.